The van der Waals surface area contributed by atoms with Crippen LogP contribution in [-0.4, -0.2) is 32.9 Å². The molecule has 0 radical (unpaired) electrons. The van der Waals surface area contributed by atoms with Crippen molar-refractivity contribution < 1.29 is 13.2 Å². The van der Waals surface area contributed by atoms with E-state index < -0.39 is 12.0 Å². The van der Waals surface area contributed by atoms with Crippen LogP contribution in [0.15, 0.2) is 0 Å². The van der Waals surface area contributed by atoms with Crippen LogP contribution in [0.1, 0.15) is 43.1 Å². The van der Waals surface area contributed by atoms with Crippen molar-refractivity contribution in [2.24, 2.45) is 5.92 Å². The summed E-state index contributed by atoms with van der Waals surface area (Å²) in [6.07, 6.45) is -1.31. The van der Waals surface area contributed by atoms with E-state index in [1.165, 1.54) is 0 Å². The molecule has 1 saturated heterocycles. The lowest BCUT2D eigenvalue weighted by atomic mass is 9.95. The quantitative estimate of drug-likeness (QED) is 0.848. The molecule has 5 nitrogen and oxygen atoms in total. The van der Waals surface area contributed by atoms with Crippen molar-refractivity contribution in [3.8, 4) is 0 Å². The van der Waals surface area contributed by atoms with Crippen LogP contribution >= 0.6 is 0 Å². The first kappa shape index (κ1) is 16.0. The summed E-state index contributed by atoms with van der Waals surface area (Å²) in [6, 6.07) is 0. The summed E-state index contributed by atoms with van der Waals surface area (Å²) < 4.78 is 40.1. The van der Waals surface area contributed by atoms with Crippen molar-refractivity contribution in [3.05, 3.63) is 17.0 Å². The van der Waals surface area contributed by atoms with Gasteiger partial charge >= 0.3 is 6.18 Å². The molecule has 23 heavy (non-hydrogen) atoms. The molecular weight excluding hydrogens is 307 g/mol. The number of piperidine rings is 1. The summed E-state index contributed by atoms with van der Waals surface area (Å²) in [6.45, 7) is 7.45. The number of alkyl halides is 3. The minimum absolute atomic E-state index is 0.169. The van der Waals surface area contributed by atoms with Gasteiger partial charge in [-0.05, 0) is 32.6 Å². The second kappa shape index (κ2) is 5.65. The summed E-state index contributed by atoms with van der Waals surface area (Å²) in [5, 5.41) is 11.2. The Bertz CT molecular complexity index is 722. The first-order valence-corrected chi connectivity index (χ1v) is 7.87. The number of aromatic nitrogens is 4. The smallest absolute Gasteiger partial charge is 0.355 e. The molecule has 3 heterocycles. The Hall–Kier alpha value is -1.86. The number of nitrogens with zero attached hydrogens (tertiary/aromatic N) is 5. The Morgan fingerprint density at radius 1 is 1.17 bits per heavy atom. The van der Waals surface area contributed by atoms with Gasteiger partial charge in [0.1, 0.15) is 0 Å². The van der Waals surface area contributed by atoms with Gasteiger partial charge in [-0.2, -0.15) is 17.7 Å². The van der Waals surface area contributed by atoms with Gasteiger partial charge in [0, 0.05) is 24.2 Å². The van der Waals surface area contributed by atoms with Crippen LogP contribution in [0.4, 0.5) is 19.0 Å². The van der Waals surface area contributed by atoms with Crippen molar-refractivity contribution >= 4 is 11.5 Å². The molecule has 3 rings (SSSR count). The highest BCUT2D eigenvalue weighted by Gasteiger charge is 2.38. The van der Waals surface area contributed by atoms with Gasteiger partial charge in [-0.25, -0.2) is 0 Å². The third kappa shape index (κ3) is 2.74. The molecule has 1 atom stereocenters. The highest BCUT2D eigenvalue weighted by molar-refractivity contribution is 5.59. The van der Waals surface area contributed by atoms with Gasteiger partial charge in [-0.3, -0.25) is 0 Å². The second-order valence-electron chi connectivity index (χ2n) is 6.19. The van der Waals surface area contributed by atoms with E-state index in [0.717, 1.165) is 42.4 Å². The first-order valence-electron chi connectivity index (χ1n) is 7.87. The Morgan fingerprint density at radius 2 is 1.91 bits per heavy atom. The van der Waals surface area contributed by atoms with Crippen LogP contribution in [0.2, 0.25) is 0 Å². The predicted molar refractivity (Wildman–Crippen MR) is 80.5 cm³/mol. The largest absolute Gasteiger partial charge is 0.453 e. The van der Waals surface area contributed by atoms with Crippen LogP contribution in [0.3, 0.4) is 0 Å². The average Bonchev–Trinajstić information content (AvgIpc) is 2.95. The standard InChI is InChI=1S/C15H20F3N5/c1-4-11-6-5-7-22(8-11)13-10(3)9(2)12-19-20-14(15(16,17)18)23(12)21-13/h11H,4-8H2,1-3H3. The molecule has 1 aliphatic heterocycles. The zero-order chi connectivity index (χ0) is 16.8. The summed E-state index contributed by atoms with van der Waals surface area (Å²) in [7, 11) is 0. The summed E-state index contributed by atoms with van der Waals surface area (Å²) >= 11 is 0. The maximum absolute atomic E-state index is 13.1. The van der Waals surface area contributed by atoms with Gasteiger partial charge in [-0.15, -0.1) is 15.3 Å². The molecule has 8 heteroatoms. The first-order chi connectivity index (χ1) is 10.8. The molecule has 0 saturated carbocycles. The molecule has 126 valence electrons. The van der Waals surface area contributed by atoms with E-state index in [1.54, 1.807) is 6.92 Å². The molecule has 0 bridgehead atoms. The topological polar surface area (TPSA) is 46.3 Å². The predicted octanol–water partition coefficient (Wildman–Crippen LogP) is 3.39. The van der Waals surface area contributed by atoms with E-state index in [2.05, 4.69) is 27.1 Å². The number of fused-ring (bicyclic) bond motifs is 1. The third-order valence-electron chi connectivity index (χ3n) is 4.72. The van der Waals surface area contributed by atoms with E-state index in [0.29, 0.717) is 17.3 Å². The second-order valence-corrected chi connectivity index (χ2v) is 6.19. The Balaban J connectivity index is 2.12. The van der Waals surface area contributed by atoms with Gasteiger partial charge in [0.15, 0.2) is 11.5 Å². The Labute approximate surface area is 132 Å². The zero-order valence-electron chi connectivity index (χ0n) is 13.5. The molecule has 0 aliphatic carbocycles. The Morgan fingerprint density at radius 3 is 2.57 bits per heavy atom. The lowest BCUT2D eigenvalue weighted by Gasteiger charge is -2.34. The molecule has 1 aliphatic rings. The summed E-state index contributed by atoms with van der Waals surface area (Å²) in [5.41, 5.74) is 1.73. The lowest BCUT2D eigenvalue weighted by Crippen LogP contribution is -2.36. The molecule has 0 N–H and O–H groups in total. The fourth-order valence-electron chi connectivity index (χ4n) is 3.18. The van der Waals surface area contributed by atoms with Crippen molar-refractivity contribution in [2.45, 2.75) is 46.2 Å². The van der Waals surface area contributed by atoms with Crippen molar-refractivity contribution in [1.82, 2.24) is 19.8 Å². The fourth-order valence-corrected chi connectivity index (χ4v) is 3.18. The minimum Gasteiger partial charge on any atom is -0.355 e. The normalized spacial score (nSPS) is 19.6. The molecule has 0 spiro atoms. The molecular formula is C15H20F3N5. The number of hydrogen-bond acceptors (Lipinski definition) is 4. The zero-order valence-corrected chi connectivity index (χ0v) is 13.5. The molecule has 2 aromatic rings. The number of rotatable bonds is 2. The van der Waals surface area contributed by atoms with Crippen LogP contribution in [0.25, 0.3) is 5.65 Å². The monoisotopic (exact) mass is 327 g/mol. The van der Waals surface area contributed by atoms with Crippen LogP contribution in [0.5, 0.6) is 0 Å². The number of aryl methyl sites for hydroxylation is 1. The van der Waals surface area contributed by atoms with Gasteiger partial charge < -0.3 is 4.90 Å². The van der Waals surface area contributed by atoms with Gasteiger partial charge in [0.25, 0.3) is 5.82 Å². The molecule has 2 aromatic heterocycles. The third-order valence-corrected chi connectivity index (χ3v) is 4.72. The average molecular weight is 327 g/mol. The fraction of sp³-hybridized carbons (Fsp3) is 0.667. The molecule has 0 amide bonds. The van der Waals surface area contributed by atoms with E-state index >= 15 is 0 Å². The molecule has 1 fully saturated rings. The van der Waals surface area contributed by atoms with Gasteiger partial charge in [-0.1, -0.05) is 13.3 Å². The molecule has 0 aromatic carbocycles. The van der Waals surface area contributed by atoms with Crippen molar-refractivity contribution in [3.63, 3.8) is 0 Å². The van der Waals surface area contributed by atoms with E-state index in [-0.39, 0.29) is 5.65 Å². The van der Waals surface area contributed by atoms with Crippen LogP contribution in [-0.2, 0) is 6.18 Å². The summed E-state index contributed by atoms with van der Waals surface area (Å²) in [5.74, 6) is 0.100. The van der Waals surface area contributed by atoms with Crippen LogP contribution < -0.4 is 4.90 Å². The maximum atomic E-state index is 13.1. The molecule has 1 unspecified atom stereocenters. The highest BCUT2D eigenvalue weighted by Crippen LogP contribution is 2.32. The SMILES string of the molecule is CCC1CCCN(c2nn3c(C(F)(F)F)nnc3c(C)c2C)C1. The maximum Gasteiger partial charge on any atom is 0.453 e. The van der Waals surface area contributed by atoms with E-state index in [9.17, 15) is 13.2 Å². The lowest BCUT2D eigenvalue weighted by molar-refractivity contribution is -0.146. The van der Waals surface area contributed by atoms with E-state index in [4.69, 9.17) is 0 Å². The summed E-state index contributed by atoms with van der Waals surface area (Å²) in [4.78, 5) is 2.10. The van der Waals surface area contributed by atoms with Crippen molar-refractivity contribution in [2.75, 3.05) is 18.0 Å². The Kier molecular flexibility index (Phi) is 3.93. The van der Waals surface area contributed by atoms with Crippen LogP contribution in [0, 0.1) is 19.8 Å². The van der Waals surface area contributed by atoms with E-state index in [1.807, 2.05) is 6.92 Å². The number of halogens is 3. The minimum atomic E-state index is -4.57. The van der Waals surface area contributed by atoms with Gasteiger partial charge in [0.2, 0.25) is 0 Å². The number of hydrogen-bond donors (Lipinski definition) is 0. The number of anilines is 1. The highest BCUT2D eigenvalue weighted by atomic mass is 19.4. The van der Waals surface area contributed by atoms with Crippen molar-refractivity contribution in [1.29, 1.82) is 0 Å². The van der Waals surface area contributed by atoms with Gasteiger partial charge in [0.05, 0.1) is 0 Å².